The second-order valence-electron chi connectivity index (χ2n) is 7.08. The monoisotopic (exact) mass is 440 g/mol. The number of thioether (sulfide) groups is 1. The Hall–Kier alpha value is -2.77. The summed E-state index contributed by atoms with van der Waals surface area (Å²) in [5.41, 5.74) is 10.0. The summed E-state index contributed by atoms with van der Waals surface area (Å²) in [6.45, 7) is 2.26. The highest BCUT2D eigenvalue weighted by Crippen LogP contribution is 2.33. The standard InChI is InChI=1S/C22H21ClN4O2S/c1-13-10-27(22(28)19-20(24)25-12-26-21(19)29-13)16-6-4-15(5-7-16)17-8-3-14(11-30-2)9-18(17)23/h3-9,12-13H,10-11H2,1-2H3,(H2,24,25,26). The lowest BCUT2D eigenvalue weighted by molar-refractivity contribution is 0.0988. The van der Waals surface area contributed by atoms with Crippen LogP contribution in [0.15, 0.2) is 48.8 Å². The van der Waals surface area contributed by atoms with Gasteiger partial charge >= 0.3 is 0 Å². The Morgan fingerprint density at radius 1 is 1.23 bits per heavy atom. The van der Waals surface area contributed by atoms with Crippen LogP contribution in [-0.4, -0.2) is 34.8 Å². The maximum Gasteiger partial charge on any atom is 0.267 e. The molecule has 8 heteroatoms. The van der Waals surface area contributed by atoms with Crippen LogP contribution in [0.4, 0.5) is 11.5 Å². The molecule has 1 amide bonds. The molecule has 1 atom stereocenters. The minimum atomic E-state index is -0.278. The van der Waals surface area contributed by atoms with Crippen molar-refractivity contribution in [1.82, 2.24) is 9.97 Å². The Morgan fingerprint density at radius 3 is 2.70 bits per heavy atom. The van der Waals surface area contributed by atoms with Gasteiger partial charge in [0.15, 0.2) is 0 Å². The number of fused-ring (bicyclic) bond motifs is 1. The molecule has 1 unspecified atom stereocenters. The van der Waals surface area contributed by atoms with E-state index in [1.165, 1.54) is 11.9 Å². The predicted octanol–water partition coefficient (Wildman–Crippen LogP) is 4.67. The number of ether oxygens (including phenoxy) is 1. The maximum absolute atomic E-state index is 13.2. The smallest absolute Gasteiger partial charge is 0.267 e. The van der Waals surface area contributed by atoms with E-state index in [0.29, 0.717) is 11.6 Å². The molecule has 2 aromatic carbocycles. The number of carbonyl (C=O) groups is 1. The highest BCUT2D eigenvalue weighted by Gasteiger charge is 2.31. The van der Waals surface area contributed by atoms with Crippen molar-refractivity contribution in [1.29, 1.82) is 0 Å². The van der Waals surface area contributed by atoms with E-state index in [1.54, 1.807) is 16.7 Å². The molecule has 1 aliphatic rings. The number of anilines is 2. The molecule has 2 N–H and O–H groups in total. The number of benzene rings is 2. The minimum Gasteiger partial charge on any atom is -0.472 e. The van der Waals surface area contributed by atoms with Crippen LogP contribution >= 0.6 is 23.4 Å². The fourth-order valence-corrected chi connectivity index (χ4v) is 4.29. The van der Waals surface area contributed by atoms with Crippen molar-refractivity contribution in [3.63, 3.8) is 0 Å². The number of hydrogen-bond acceptors (Lipinski definition) is 6. The Labute approximate surface area is 184 Å². The van der Waals surface area contributed by atoms with Gasteiger partial charge < -0.3 is 15.4 Å². The Balaban J connectivity index is 1.65. The van der Waals surface area contributed by atoms with Crippen LogP contribution in [0.2, 0.25) is 5.02 Å². The third kappa shape index (κ3) is 3.95. The van der Waals surface area contributed by atoms with E-state index < -0.39 is 0 Å². The van der Waals surface area contributed by atoms with Gasteiger partial charge in [0.05, 0.1) is 6.54 Å². The fraction of sp³-hybridized carbons (Fsp3) is 0.227. The van der Waals surface area contributed by atoms with Gasteiger partial charge in [-0.2, -0.15) is 11.8 Å². The molecular weight excluding hydrogens is 420 g/mol. The molecule has 4 rings (SSSR count). The molecule has 0 saturated carbocycles. The van der Waals surface area contributed by atoms with Crippen molar-refractivity contribution in [2.24, 2.45) is 0 Å². The van der Waals surface area contributed by atoms with Crippen LogP contribution < -0.4 is 15.4 Å². The van der Waals surface area contributed by atoms with Gasteiger partial charge in [-0.15, -0.1) is 0 Å². The lowest BCUT2D eigenvalue weighted by Gasteiger charge is -2.22. The third-order valence-electron chi connectivity index (χ3n) is 4.89. The van der Waals surface area contributed by atoms with E-state index in [0.717, 1.165) is 22.6 Å². The van der Waals surface area contributed by atoms with Gasteiger partial charge in [-0.25, -0.2) is 9.97 Å². The van der Waals surface area contributed by atoms with Gasteiger partial charge in [0.2, 0.25) is 5.88 Å². The van der Waals surface area contributed by atoms with Crippen LogP contribution in [0.3, 0.4) is 0 Å². The second-order valence-corrected chi connectivity index (χ2v) is 8.35. The molecule has 0 fully saturated rings. The summed E-state index contributed by atoms with van der Waals surface area (Å²) in [5, 5.41) is 0.709. The molecule has 30 heavy (non-hydrogen) atoms. The molecule has 1 aromatic heterocycles. The molecule has 0 bridgehead atoms. The molecule has 0 aliphatic carbocycles. The zero-order valence-electron chi connectivity index (χ0n) is 16.6. The van der Waals surface area contributed by atoms with E-state index in [2.05, 4.69) is 22.3 Å². The fourth-order valence-electron chi connectivity index (χ4n) is 3.47. The maximum atomic E-state index is 13.2. The van der Waals surface area contributed by atoms with Crippen LogP contribution in [0.25, 0.3) is 11.1 Å². The van der Waals surface area contributed by atoms with Crippen molar-refractivity contribution in [2.75, 3.05) is 23.4 Å². The lowest BCUT2D eigenvalue weighted by Crippen LogP contribution is -2.36. The first-order valence-electron chi connectivity index (χ1n) is 9.44. The van der Waals surface area contributed by atoms with Gasteiger partial charge in [-0.05, 0) is 42.5 Å². The van der Waals surface area contributed by atoms with E-state index in [1.807, 2.05) is 43.3 Å². The molecule has 0 radical (unpaired) electrons. The first-order valence-corrected chi connectivity index (χ1v) is 11.2. The van der Waals surface area contributed by atoms with E-state index in [9.17, 15) is 4.79 Å². The summed E-state index contributed by atoms with van der Waals surface area (Å²) in [6, 6.07) is 13.8. The number of carbonyl (C=O) groups excluding carboxylic acids is 1. The van der Waals surface area contributed by atoms with E-state index in [-0.39, 0.29) is 29.3 Å². The summed E-state index contributed by atoms with van der Waals surface area (Å²) in [6.07, 6.45) is 3.12. The first kappa shape index (κ1) is 20.5. The number of hydrogen-bond donors (Lipinski definition) is 1. The molecule has 3 aromatic rings. The van der Waals surface area contributed by atoms with Crippen LogP contribution in [0, 0.1) is 0 Å². The molecule has 2 heterocycles. The average Bonchev–Trinajstić information content (AvgIpc) is 2.85. The number of amides is 1. The topological polar surface area (TPSA) is 81.3 Å². The van der Waals surface area contributed by atoms with Crippen molar-refractivity contribution in [3.8, 4) is 17.0 Å². The van der Waals surface area contributed by atoms with Crippen molar-refractivity contribution >= 4 is 40.8 Å². The normalized spacial score (nSPS) is 16.0. The number of aromatic nitrogens is 2. The molecule has 154 valence electrons. The van der Waals surface area contributed by atoms with Gasteiger partial charge in [0.25, 0.3) is 5.91 Å². The van der Waals surface area contributed by atoms with Crippen LogP contribution in [0.1, 0.15) is 22.8 Å². The van der Waals surface area contributed by atoms with Gasteiger partial charge in [0, 0.05) is 22.0 Å². The van der Waals surface area contributed by atoms with Crippen LogP contribution in [-0.2, 0) is 5.75 Å². The van der Waals surface area contributed by atoms with Crippen LogP contribution in [0.5, 0.6) is 5.88 Å². The molecule has 6 nitrogen and oxygen atoms in total. The number of rotatable bonds is 4. The minimum absolute atomic E-state index is 0.109. The Kier molecular flexibility index (Phi) is 5.83. The van der Waals surface area contributed by atoms with Gasteiger partial charge in [-0.1, -0.05) is 35.9 Å². The zero-order valence-corrected chi connectivity index (χ0v) is 18.2. The molecule has 1 aliphatic heterocycles. The molecule has 0 saturated heterocycles. The predicted molar refractivity (Wildman–Crippen MR) is 122 cm³/mol. The summed E-state index contributed by atoms with van der Waals surface area (Å²) >= 11 is 8.26. The average molecular weight is 441 g/mol. The van der Waals surface area contributed by atoms with Gasteiger partial charge in [0.1, 0.15) is 23.8 Å². The van der Waals surface area contributed by atoms with Crippen molar-refractivity contribution in [3.05, 3.63) is 64.9 Å². The number of nitrogens with zero attached hydrogens (tertiary/aromatic N) is 3. The highest BCUT2D eigenvalue weighted by molar-refractivity contribution is 7.97. The largest absolute Gasteiger partial charge is 0.472 e. The van der Waals surface area contributed by atoms with E-state index in [4.69, 9.17) is 22.1 Å². The number of nitrogens with two attached hydrogens (primary N) is 1. The van der Waals surface area contributed by atoms with Crippen molar-refractivity contribution in [2.45, 2.75) is 18.8 Å². The third-order valence-corrected chi connectivity index (χ3v) is 5.82. The molecular formula is C22H21ClN4O2S. The first-order chi connectivity index (χ1) is 14.5. The quantitative estimate of drug-likeness (QED) is 0.634. The molecule has 0 spiro atoms. The Morgan fingerprint density at radius 2 is 2.00 bits per heavy atom. The highest BCUT2D eigenvalue weighted by atomic mass is 35.5. The SMILES string of the molecule is CSCc1ccc(-c2ccc(N3CC(C)Oc4ncnc(N)c4C3=O)cc2)c(Cl)c1. The summed E-state index contributed by atoms with van der Waals surface area (Å²) in [7, 11) is 0. The number of nitrogen functional groups attached to an aromatic ring is 1. The zero-order chi connectivity index (χ0) is 21.3. The van der Waals surface area contributed by atoms with Gasteiger partial charge in [-0.3, -0.25) is 4.79 Å². The van der Waals surface area contributed by atoms with Crippen molar-refractivity contribution < 1.29 is 9.53 Å². The summed E-state index contributed by atoms with van der Waals surface area (Å²) in [5.74, 6) is 0.971. The van der Waals surface area contributed by atoms with E-state index >= 15 is 0 Å². The lowest BCUT2D eigenvalue weighted by atomic mass is 10.0. The summed E-state index contributed by atoms with van der Waals surface area (Å²) < 4.78 is 5.79. The number of halogens is 1. The Bertz CT molecular complexity index is 1090. The second kappa shape index (κ2) is 8.53. The summed E-state index contributed by atoms with van der Waals surface area (Å²) in [4.78, 5) is 22.8.